The molecule has 0 aliphatic carbocycles. The quantitative estimate of drug-likeness (QED) is 0.247. The van der Waals surface area contributed by atoms with Crippen molar-refractivity contribution >= 4 is 5.97 Å². The first kappa shape index (κ1) is 13.2. The summed E-state index contributed by atoms with van der Waals surface area (Å²) in [5, 5.41) is 0. The first-order valence-corrected chi connectivity index (χ1v) is 6.34. The first-order valence-electron chi connectivity index (χ1n) is 6.34. The van der Waals surface area contributed by atoms with E-state index in [0.29, 0.717) is 6.61 Å². The Kier molecular flexibility index (Phi) is 6.90. The molecule has 3 nitrogen and oxygen atoms in total. The van der Waals surface area contributed by atoms with Crippen LogP contribution >= 0.6 is 0 Å². The van der Waals surface area contributed by atoms with Gasteiger partial charge in [-0.2, -0.15) is 0 Å². The van der Waals surface area contributed by atoms with Gasteiger partial charge < -0.3 is 9.64 Å². The molecule has 1 rings (SSSR count). The summed E-state index contributed by atoms with van der Waals surface area (Å²) >= 11 is 0. The maximum atomic E-state index is 10.7. The lowest BCUT2D eigenvalue weighted by Gasteiger charge is -2.03. The summed E-state index contributed by atoms with van der Waals surface area (Å²) in [7, 11) is 0. The van der Waals surface area contributed by atoms with Crippen molar-refractivity contribution < 1.29 is 9.53 Å². The van der Waals surface area contributed by atoms with E-state index in [2.05, 4.69) is 11.5 Å². The number of rotatable bonds is 10. The molecule has 0 aromatic heterocycles. The Morgan fingerprint density at radius 3 is 2.38 bits per heavy atom. The van der Waals surface area contributed by atoms with Crippen LogP contribution in [0.5, 0.6) is 0 Å². The number of esters is 1. The van der Waals surface area contributed by atoms with E-state index in [9.17, 15) is 4.79 Å². The zero-order valence-corrected chi connectivity index (χ0v) is 10.1. The highest BCUT2D eigenvalue weighted by Crippen LogP contribution is 2.09. The van der Waals surface area contributed by atoms with Crippen molar-refractivity contribution in [2.75, 3.05) is 26.2 Å². The van der Waals surface area contributed by atoms with Crippen LogP contribution in [0.15, 0.2) is 12.7 Å². The Morgan fingerprint density at radius 2 is 1.75 bits per heavy atom. The first-order chi connectivity index (χ1) is 7.83. The van der Waals surface area contributed by atoms with Gasteiger partial charge in [-0.3, -0.25) is 0 Å². The van der Waals surface area contributed by atoms with E-state index in [1.807, 2.05) is 0 Å². The third kappa shape index (κ3) is 7.46. The Balaban J connectivity index is 1.70. The topological polar surface area (TPSA) is 29.3 Å². The maximum absolute atomic E-state index is 10.7. The molecule has 0 bridgehead atoms. The number of ether oxygens (including phenoxy) is 1. The van der Waals surface area contributed by atoms with Crippen LogP contribution in [-0.2, 0) is 9.53 Å². The largest absolute Gasteiger partial charge is 0.463 e. The maximum Gasteiger partial charge on any atom is 0.330 e. The van der Waals surface area contributed by atoms with Gasteiger partial charge in [0.25, 0.3) is 0 Å². The third-order valence-electron chi connectivity index (χ3n) is 2.82. The highest BCUT2D eigenvalue weighted by molar-refractivity contribution is 5.81. The van der Waals surface area contributed by atoms with Crippen LogP contribution < -0.4 is 0 Å². The van der Waals surface area contributed by atoms with Crippen molar-refractivity contribution in [2.45, 2.75) is 38.5 Å². The van der Waals surface area contributed by atoms with Crippen LogP contribution in [0.4, 0.5) is 0 Å². The molecular weight excluding hydrogens is 202 g/mol. The Hall–Kier alpha value is -0.830. The van der Waals surface area contributed by atoms with Gasteiger partial charge in [0.15, 0.2) is 0 Å². The van der Waals surface area contributed by atoms with E-state index in [1.54, 1.807) is 0 Å². The monoisotopic (exact) mass is 225 g/mol. The van der Waals surface area contributed by atoms with Crippen LogP contribution in [0.1, 0.15) is 38.5 Å². The van der Waals surface area contributed by atoms with E-state index >= 15 is 0 Å². The van der Waals surface area contributed by atoms with E-state index in [0.717, 1.165) is 12.8 Å². The zero-order chi connectivity index (χ0) is 11.6. The van der Waals surface area contributed by atoms with Gasteiger partial charge in [-0.05, 0) is 19.4 Å². The lowest BCUT2D eigenvalue weighted by atomic mass is 10.1. The molecule has 0 unspecified atom stereocenters. The molecule has 1 aliphatic heterocycles. The Labute approximate surface area is 98.5 Å². The zero-order valence-electron chi connectivity index (χ0n) is 10.1. The number of carbonyl (C=O) groups is 1. The van der Waals surface area contributed by atoms with Gasteiger partial charge in [0.2, 0.25) is 0 Å². The molecule has 1 saturated heterocycles. The molecule has 0 atom stereocenters. The third-order valence-corrected chi connectivity index (χ3v) is 2.82. The number of hydrogen-bond acceptors (Lipinski definition) is 3. The van der Waals surface area contributed by atoms with Crippen molar-refractivity contribution in [3.05, 3.63) is 12.7 Å². The van der Waals surface area contributed by atoms with Crippen LogP contribution in [-0.4, -0.2) is 37.1 Å². The molecule has 3 heteroatoms. The Bertz CT molecular complexity index is 212. The minimum atomic E-state index is -0.307. The summed E-state index contributed by atoms with van der Waals surface area (Å²) in [6.07, 6.45) is 8.59. The summed E-state index contributed by atoms with van der Waals surface area (Å²) in [5.41, 5.74) is 0. The summed E-state index contributed by atoms with van der Waals surface area (Å²) in [6.45, 7) is 7.81. The molecule has 0 N–H and O–H groups in total. The van der Waals surface area contributed by atoms with E-state index < -0.39 is 0 Å². The van der Waals surface area contributed by atoms with Crippen molar-refractivity contribution in [2.24, 2.45) is 0 Å². The van der Waals surface area contributed by atoms with E-state index in [-0.39, 0.29) is 5.97 Å². The van der Waals surface area contributed by atoms with Gasteiger partial charge in [-0.15, -0.1) is 0 Å². The smallest absolute Gasteiger partial charge is 0.330 e. The number of unbranched alkanes of at least 4 members (excludes halogenated alkanes) is 5. The van der Waals surface area contributed by atoms with Gasteiger partial charge in [-0.25, -0.2) is 4.79 Å². The molecule has 0 saturated carbocycles. The number of carbonyl (C=O) groups excluding carboxylic acids is 1. The van der Waals surface area contributed by atoms with Crippen LogP contribution in [0.2, 0.25) is 0 Å². The van der Waals surface area contributed by atoms with Crippen LogP contribution in [0.3, 0.4) is 0 Å². The lowest BCUT2D eigenvalue weighted by molar-refractivity contribution is -0.137. The molecule has 92 valence electrons. The van der Waals surface area contributed by atoms with E-state index in [4.69, 9.17) is 4.74 Å². The molecule has 1 aliphatic rings. The summed E-state index contributed by atoms with van der Waals surface area (Å²) < 4.78 is 4.89. The van der Waals surface area contributed by atoms with Crippen molar-refractivity contribution in [1.29, 1.82) is 0 Å². The van der Waals surface area contributed by atoms with Crippen molar-refractivity contribution in [3.63, 3.8) is 0 Å². The fourth-order valence-corrected chi connectivity index (χ4v) is 1.67. The predicted octanol–water partition coefficient (Wildman–Crippen LogP) is 2.37. The minimum absolute atomic E-state index is 0.307. The Morgan fingerprint density at radius 1 is 1.12 bits per heavy atom. The standard InChI is InChI=1S/C13H23NO2/c1-2-13(15)16-12-8-6-4-3-5-7-9-14-10-11-14/h2H,1,3-12H2. The molecule has 1 heterocycles. The fourth-order valence-electron chi connectivity index (χ4n) is 1.67. The highest BCUT2D eigenvalue weighted by Gasteiger charge is 2.14. The van der Waals surface area contributed by atoms with Crippen molar-refractivity contribution in [3.8, 4) is 0 Å². The van der Waals surface area contributed by atoms with Crippen LogP contribution in [0.25, 0.3) is 0 Å². The molecule has 0 spiro atoms. The molecule has 16 heavy (non-hydrogen) atoms. The van der Waals surface area contributed by atoms with Gasteiger partial charge in [0.1, 0.15) is 0 Å². The minimum Gasteiger partial charge on any atom is -0.463 e. The molecular formula is C13H23NO2. The lowest BCUT2D eigenvalue weighted by Crippen LogP contribution is -2.01. The van der Waals surface area contributed by atoms with Gasteiger partial charge >= 0.3 is 5.97 Å². The number of nitrogens with zero attached hydrogens (tertiary/aromatic N) is 1. The average Bonchev–Trinajstić information content (AvgIpc) is 3.10. The summed E-state index contributed by atoms with van der Waals surface area (Å²) in [5.74, 6) is -0.307. The second kappa shape index (κ2) is 8.34. The molecule has 0 aromatic carbocycles. The molecule has 0 amide bonds. The predicted molar refractivity (Wildman–Crippen MR) is 65.3 cm³/mol. The van der Waals surface area contributed by atoms with E-state index in [1.165, 1.54) is 51.4 Å². The SMILES string of the molecule is C=CC(=O)OCCCCCCCCN1CC1. The van der Waals surface area contributed by atoms with Crippen molar-refractivity contribution in [1.82, 2.24) is 4.90 Å². The second-order valence-corrected chi connectivity index (χ2v) is 4.33. The molecule has 1 fully saturated rings. The average molecular weight is 225 g/mol. The van der Waals surface area contributed by atoms with Crippen LogP contribution in [0, 0.1) is 0 Å². The molecule has 0 aromatic rings. The number of hydrogen-bond donors (Lipinski definition) is 0. The van der Waals surface area contributed by atoms with Gasteiger partial charge in [-0.1, -0.05) is 32.3 Å². The van der Waals surface area contributed by atoms with Gasteiger partial charge in [0.05, 0.1) is 6.61 Å². The highest BCUT2D eigenvalue weighted by atomic mass is 16.5. The van der Waals surface area contributed by atoms with Gasteiger partial charge in [0, 0.05) is 19.2 Å². The summed E-state index contributed by atoms with van der Waals surface area (Å²) in [6, 6.07) is 0. The fraction of sp³-hybridized carbons (Fsp3) is 0.769. The normalized spacial score (nSPS) is 14.8. The second-order valence-electron chi connectivity index (χ2n) is 4.33. The summed E-state index contributed by atoms with van der Waals surface area (Å²) in [4.78, 5) is 13.2. The molecule has 0 radical (unpaired) electrons.